The van der Waals surface area contributed by atoms with Crippen LogP contribution in [0, 0.1) is 10.1 Å². The summed E-state index contributed by atoms with van der Waals surface area (Å²) < 4.78 is 5.75. The summed E-state index contributed by atoms with van der Waals surface area (Å²) in [6, 6.07) is 10.7. The second-order valence-corrected chi connectivity index (χ2v) is 5.07. The Morgan fingerprint density at radius 3 is 2.73 bits per heavy atom. The number of aromatic carboxylic acids is 1. The summed E-state index contributed by atoms with van der Waals surface area (Å²) in [4.78, 5) is 21.7. The van der Waals surface area contributed by atoms with Gasteiger partial charge in [0.25, 0.3) is 0 Å². The Bertz CT molecular complexity index is 769. The molecule has 0 saturated carbocycles. The number of hydrogen-bond acceptors (Lipinski definition) is 4. The first-order valence-electron chi connectivity index (χ1n) is 6.82. The molecule has 0 aliphatic carbocycles. The Morgan fingerprint density at radius 2 is 2.00 bits per heavy atom. The fourth-order valence-electron chi connectivity index (χ4n) is 2.69. The van der Waals surface area contributed by atoms with E-state index in [2.05, 4.69) is 0 Å². The SMILES string of the molecule is O=C(O)c1c(CC[N+](=O)[O-])ccc2c1Cc1ccccc1O2. The first-order valence-corrected chi connectivity index (χ1v) is 6.82. The van der Waals surface area contributed by atoms with E-state index in [0.29, 0.717) is 29.0 Å². The summed E-state index contributed by atoms with van der Waals surface area (Å²) in [5.74, 6) is 0.128. The maximum absolute atomic E-state index is 11.6. The van der Waals surface area contributed by atoms with E-state index >= 15 is 0 Å². The average Bonchev–Trinajstić information content (AvgIpc) is 2.49. The van der Waals surface area contributed by atoms with E-state index < -0.39 is 10.9 Å². The van der Waals surface area contributed by atoms with E-state index in [0.717, 1.165) is 5.56 Å². The molecule has 0 fully saturated rings. The van der Waals surface area contributed by atoms with Crippen LogP contribution in [0.3, 0.4) is 0 Å². The number of benzene rings is 2. The van der Waals surface area contributed by atoms with Crippen LogP contribution in [0.2, 0.25) is 0 Å². The van der Waals surface area contributed by atoms with Crippen LogP contribution in [0.4, 0.5) is 0 Å². The highest BCUT2D eigenvalue weighted by Gasteiger charge is 2.25. The molecular weight excluding hydrogens is 286 g/mol. The van der Waals surface area contributed by atoms with Crippen LogP contribution in [-0.4, -0.2) is 22.5 Å². The number of nitrogens with zero attached hydrogens (tertiary/aromatic N) is 1. The minimum absolute atomic E-state index is 0.0869. The summed E-state index contributed by atoms with van der Waals surface area (Å²) in [6.45, 7) is -0.295. The van der Waals surface area contributed by atoms with Gasteiger partial charge in [-0.3, -0.25) is 10.1 Å². The van der Waals surface area contributed by atoms with Gasteiger partial charge in [0.1, 0.15) is 11.5 Å². The highest BCUT2D eigenvalue weighted by atomic mass is 16.6. The monoisotopic (exact) mass is 299 g/mol. The minimum Gasteiger partial charge on any atom is -0.478 e. The molecule has 1 aliphatic heterocycles. The maximum Gasteiger partial charge on any atom is 0.336 e. The lowest BCUT2D eigenvalue weighted by Gasteiger charge is -2.22. The van der Waals surface area contributed by atoms with Crippen molar-refractivity contribution in [1.29, 1.82) is 0 Å². The van der Waals surface area contributed by atoms with Crippen molar-refractivity contribution in [3.63, 3.8) is 0 Å². The van der Waals surface area contributed by atoms with Crippen LogP contribution in [0.25, 0.3) is 0 Å². The van der Waals surface area contributed by atoms with Crippen LogP contribution in [0.5, 0.6) is 11.5 Å². The van der Waals surface area contributed by atoms with Crippen LogP contribution < -0.4 is 4.74 Å². The number of carboxylic acid groups (broad SMARTS) is 1. The van der Waals surface area contributed by atoms with Crippen molar-refractivity contribution >= 4 is 5.97 Å². The smallest absolute Gasteiger partial charge is 0.336 e. The molecular formula is C16H13NO5. The lowest BCUT2D eigenvalue weighted by molar-refractivity contribution is -0.479. The van der Waals surface area contributed by atoms with Crippen molar-refractivity contribution in [2.24, 2.45) is 0 Å². The molecule has 0 spiro atoms. The van der Waals surface area contributed by atoms with Gasteiger partial charge in [0.15, 0.2) is 0 Å². The summed E-state index contributed by atoms with van der Waals surface area (Å²) >= 11 is 0. The van der Waals surface area contributed by atoms with Crippen molar-refractivity contribution < 1.29 is 19.6 Å². The van der Waals surface area contributed by atoms with E-state index in [1.54, 1.807) is 12.1 Å². The molecule has 22 heavy (non-hydrogen) atoms. The predicted molar refractivity (Wildman–Crippen MR) is 78.3 cm³/mol. The van der Waals surface area contributed by atoms with Gasteiger partial charge in [0, 0.05) is 23.3 Å². The number of carbonyl (C=O) groups is 1. The van der Waals surface area contributed by atoms with Crippen molar-refractivity contribution in [2.75, 3.05) is 6.54 Å². The van der Waals surface area contributed by atoms with Gasteiger partial charge >= 0.3 is 5.97 Å². The van der Waals surface area contributed by atoms with Crippen LogP contribution in [0.15, 0.2) is 36.4 Å². The van der Waals surface area contributed by atoms with Gasteiger partial charge in [-0.2, -0.15) is 0 Å². The largest absolute Gasteiger partial charge is 0.478 e. The Labute approximate surface area is 126 Å². The quantitative estimate of drug-likeness (QED) is 0.591. The third kappa shape index (κ3) is 2.50. The molecule has 0 bridgehead atoms. The summed E-state index contributed by atoms with van der Waals surface area (Å²) in [5, 5.41) is 20.0. The molecule has 2 aromatic carbocycles. The van der Waals surface area contributed by atoms with Gasteiger partial charge in [-0.05, 0) is 23.3 Å². The fourth-order valence-corrected chi connectivity index (χ4v) is 2.69. The lowest BCUT2D eigenvalue weighted by Crippen LogP contribution is -2.14. The molecule has 112 valence electrons. The van der Waals surface area contributed by atoms with Gasteiger partial charge < -0.3 is 9.84 Å². The molecule has 0 amide bonds. The Morgan fingerprint density at radius 1 is 1.23 bits per heavy atom. The zero-order chi connectivity index (χ0) is 15.7. The number of nitro groups is 1. The molecule has 0 radical (unpaired) electrons. The van der Waals surface area contributed by atoms with Gasteiger partial charge in [-0.25, -0.2) is 4.79 Å². The first kappa shape index (κ1) is 14.1. The number of fused-ring (bicyclic) bond motifs is 2. The molecule has 0 saturated heterocycles. The highest BCUT2D eigenvalue weighted by molar-refractivity contribution is 5.92. The first-order chi connectivity index (χ1) is 10.6. The summed E-state index contributed by atoms with van der Waals surface area (Å²) in [7, 11) is 0. The van der Waals surface area contributed by atoms with Crippen molar-refractivity contribution in [3.05, 3.63) is 68.8 Å². The molecule has 1 heterocycles. The van der Waals surface area contributed by atoms with Gasteiger partial charge in [0.2, 0.25) is 6.54 Å². The van der Waals surface area contributed by atoms with E-state index in [-0.39, 0.29) is 18.5 Å². The molecule has 1 aliphatic rings. The van der Waals surface area contributed by atoms with E-state index in [1.807, 2.05) is 24.3 Å². The number of carboxylic acids is 1. The molecule has 6 heteroatoms. The van der Waals surface area contributed by atoms with Crippen LogP contribution >= 0.6 is 0 Å². The normalized spacial score (nSPS) is 12.0. The Kier molecular flexibility index (Phi) is 3.50. The van der Waals surface area contributed by atoms with Gasteiger partial charge in [0.05, 0.1) is 5.56 Å². The molecule has 1 N–H and O–H groups in total. The highest BCUT2D eigenvalue weighted by Crippen LogP contribution is 2.39. The summed E-state index contributed by atoms with van der Waals surface area (Å²) in [6.07, 6.45) is 0.531. The topological polar surface area (TPSA) is 89.7 Å². The van der Waals surface area contributed by atoms with Gasteiger partial charge in [-0.15, -0.1) is 0 Å². The number of hydrogen-bond donors (Lipinski definition) is 1. The van der Waals surface area contributed by atoms with E-state index in [9.17, 15) is 20.0 Å². The van der Waals surface area contributed by atoms with Crippen molar-refractivity contribution in [3.8, 4) is 11.5 Å². The minimum atomic E-state index is -1.09. The average molecular weight is 299 g/mol. The third-order valence-corrected chi connectivity index (χ3v) is 3.69. The van der Waals surface area contributed by atoms with Gasteiger partial charge in [-0.1, -0.05) is 24.3 Å². The lowest BCUT2D eigenvalue weighted by atomic mass is 9.91. The van der Waals surface area contributed by atoms with Crippen molar-refractivity contribution in [1.82, 2.24) is 0 Å². The molecule has 3 rings (SSSR count). The number of ether oxygens (including phenoxy) is 1. The maximum atomic E-state index is 11.6. The molecule has 2 aromatic rings. The third-order valence-electron chi connectivity index (χ3n) is 3.69. The standard InChI is InChI=1S/C16H13NO5/c18-16(19)15-10(7-8-17(20)21)5-6-14-12(15)9-11-3-1-2-4-13(11)22-14/h1-6H,7-9H2,(H,18,19). The second-order valence-electron chi connectivity index (χ2n) is 5.07. The van der Waals surface area contributed by atoms with E-state index in [1.165, 1.54) is 0 Å². The molecule has 0 unspecified atom stereocenters. The molecule has 6 nitrogen and oxygen atoms in total. The van der Waals surface area contributed by atoms with Crippen LogP contribution in [0.1, 0.15) is 27.0 Å². The zero-order valence-electron chi connectivity index (χ0n) is 11.6. The summed E-state index contributed by atoms with van der Waals surface area (Å²) in [5.41, 5.74) is 2.07. The molecule has 0 aromatic heterocycles. The number of para-hydroxylation sites is 1. The zero-order valence-corrected chi connectivity index (χ0v) is 11.6. The van der Waals surface area contributed by atoms with Crippen LogP contribution in [-0.2, 0) is 12.8 Å². The van der Waals surface area contributed by atoms with Crippen molar-refractivity contribution in [2.45, 2.75) is 12.8 Å². The second kappa shape index (κ2) is 5.48. The Balaban J connectivity index is 2.05. The predicted octanol–water partition coefficient (Wildman–Crippen LogP) is 2.90. The van der Waals surface area contributed by atoms with E-state index in [4.69, 9.17) is 4.74 Å². The Hall–Kier alpha value is -2.89. The molecule has 0 atom stereocenters. The fraction of sp³-hybridized carbons (Fsp3) is 0.188. The number of rotatable bonds is 4.